The summed E-state index contributed by atoms with van der Waals surface area (Å²) in [5.41, 5.74) is -1.82. The Morgan fingerprint density at radius 2 is 2.07 bits per heavy atom. The van der Waals surface area contributed by atoms with Crippen molar-refractivity contribution in [3.63, 3.8) is 0 Å². The third kappa shape index (κ3) is 3.24. The highest BCUT2D eigenvalue weighted by Crippen LogP contribution is 2.64. The molecule has 0 radical (unpaired) electrons. The van der Waals surface area contributed by atoms with Crippen LogP contribution in [0.25, 0.3) is 0 Å². The first-order valence-corrected chi connectivity index (χ1v) is 10.9. The summed E-state index contributed by atoms with van der Waals surface area (Å²) < 4.78 is 11.8. The van der Waals surface area contributed by atoms with E-state index in [-0.39, 0.29) is 37.6 Å². The number of esters is 1. The Labute approximate surface area is 172 Å². The third-order valence-electron chi connectivity index (χ3n) is 6.92. The highest BCUT2D eigenvalue weighted by atomic mass is 16.6. The lowest BCUT2D eigenvalue weighted by Crippen LogP contribution is -2.56. The number of aliphatic hydroxyl groups excluding tert-OH is 1. The zero-order chi connectivity index (χ0) is 21.4. The van der Waals surface area contributed by atoms with Gasteiger partial charge in [-0.2, -0.15) is 0 Å². The van der Waals surface area contributed by atoms with E-state index in [0.717, 1.165) is 12.8 Å². The van der Waals surface area contributed by atoms with E-state index in [2.05, 4.69) is 5.32 Å². The molecular weight excluding hydrogens is 376 g/mol. The molecule has 8 heteroatoms. The lowest BCUT2D eigenvalue weighted by atomic mass is 9.65. The van der Waals surface area contributed by atoms with Gasteiger partial charge in [-0.1, -0.05) is 20.3 Å². The van der Waals surface area contributed by atoms with Crippen molar-refractivity contribution in [1.29, 1.82) is 0 Å². The first-order chi connectivity index (χ1) is 13.8. The van der Waals surface area contributed by atoms with Crippen molar-refractivity contribution in [3.8, 4) is 0 Å². The highest BCUT2D eigenvalue weighted by Gasteiger charge is 2.78. The number of carbonyl (C=O) groups excluding carboxylic acids is 3. The monoisotopic (exact) mass is 410 g/mol. The number of fused-ring (bicyclic) bond motifs is 1. The van der Waals surface area contributed by atoms with Crippen LogP contribution >= 0.6 is 0 Å². The van der Waals surface area contributed by atoms with Gasteiger partial charge in [0.1, 0.15) is 17.6 Å². The van der Waals surface area contributed by atoms with E-state index in [9.17, 15) is 19.5 Å². The van der Waals surface area contributed by atoms with Crippen molar-refractivity contribution < 1.29 is 29.0 Å². The summed E-state index contributed by atoms with van der Waals surface area (Å²) in [4.78, 5) is 41.0. The standard InChI is InChI=1S/C21H34N2O6/c1-5-8-13(4)22-17(25)16-21-10-9-20(6-2,29-21)15(19(27)28-7-3)14(21)18(26)23(16)11-12-24/h13-16,24H,5-12H2,1-4H3,(H,22,25)/t13?,14-,15-,16?,20+,21?/m0/s1. The van der Waals surface area contributed by atoms with Gasteiger partial charge in [0.15, 0.2) is 0 Å². The molecule has 0 aliphatic carbocycles. The smallest absolute Gasteiger partial charge is 0.312 e. The average molecular weight is 411 g/mol. The van der Waals surface area contributed by atoms with Crippen LogP contribution in [0.15, 0.2) is 0 Å². The van der Waals surface area contributed by atoms with Gasteiger partial charge in [0.05, 0.1) is 24.7 Å². The van der Waals surface area contributed by atoms with Gasteiger partial charge in [-0.05, 0) is 39.5 Å². The largest absolute Gasteiger partial charge is 0.466 e. The Kier molecular flexibility index (Phi) is 6.24. The van der Waals surface area contributed by atoms with Gasteiger partial charge in [0, 0.05) is 12.6 Å². The molecule has 2 bridgehead atoms. The van der Waals surface area contributed by atoms with Crippen molar-refractivity contribution in [2.45, 2.75) is 83.1 Å². The van der Waals surface area contributed by atoms with Gasteiger partial charge in [-0.15, -0.1) is 0 Å². The highest BCUT2D eigenvalue weighted by molar-refractivity contribution is 5.98. The first-order valence-electron chi connectivity index (χ1n) is 10.9. The summed E-state index contributed by atoms with van der Waals surface area (Å²) in [6.45, 7) is 7.67. The number of ether oxygens (including phenoxy) is 2. The Balaban J connectivity index is 2.00. The zero-order valence-electron chi connectivity index (χ0n) is 17.9. The van der Waals surface area contributed by atoms with Gasteiger partial charge in [0.2, 0.25) is 11.8 Å². The maximum atomic E-state index is 13.4. The normalized spacial score (nSPS) is 36.2. The molecular formula is C21H34N2O6. The van der Waals surface area contributed by atoms with Gasteiger partial charge in [-0.25, -0.2) is 0 Å². The number of aliphatic hydroxyl groups is 1. The number of nitrogens with one attached hydrogen (secondary N) is 1. The molecule has 0 aromatic carbocycles. The number of rotatable bonds is 9. The number of hydrogen-bond donors (Lipinski definition) is 2. The van der Waals surface area contributed by atoms with E-state index in [0.29, 0.717) is 19.3 Å². The molecule has 3 aliphatic rings. The molecule has 0 saturated carbocycles. The molecule has 2 N–H and O–H groups in total. The molecule has 6 atom stereocenters. The van der Waals surface area contributed by atoms with Gasteiger partial charge >= 0.3 is 5.97 Å². The first kappa shape index (κ1) is 22.0. The Hall–Kier alpha value is -1.67. The fourth-order valence-electron chi connectivity index (χ4n) is 5.78. The minimum absolute atomic E-state index is 0.0337. The van der Waals surface area contributed by atoms with E-state index in [4.69, 9.17) is 9.47 Å². The summed E-state index contributed by atoms with van der Waals surface area (Å²) in [5.74, 6) is -2.47. The van der Waals surface area contributed by atoms with Crippen LogP contribution in [0.2, 0.25) is 0 Å². The zero-order valence-corrected chi connectivity index (χ0v) is 17.9. The number of β-amino-alcohol motifs (C(OH)–C–C–N with tert-alkyl or cyclic N) is 1. The van der Waals surface area contributed by atoms with E-state index in [1.54, 1.807) is 6.92 Å². The number of amides is 2. The lowest BCUT2D eigenvalue weighted by molar-refractivity contribution is -0.160. The van der Waals surface area contributed by atoms with Crippen molar-refractivity contribution in [1.82, 2.24) is 10.2 Å². The molecule has 0 aromatic heterocycles. The Bertz CT molecular complexity index is 670. The van der Waals surface area contributed by atoms with Gasteiger partial charge < -0.3 is 24.8 Å². The van der Waals surface area contributed by atoms with Crippen LogP contribution in [0.3, 0.4) is 0 Å². The molecule has 0 aromatic rings. The van der Waals surface area contributed by atoms with E-state index in [1.807, 2.05) is 20.8 Å². The Morgan fingerprint density at radius 1 is 1.34 bits per heavy atom. The van der Waals surface area contributed by atoms with Crippen molar-refractivity contribution in [2.75, 3.05) is 19.8 Å². The molecule has 3 saturated heterocycles. The number of hydrogen-bond acceptors (Lipinski definition) is 6. The topological polar surface area (TPSA) is 105 Å². The van der Waals surface area contributed by atoms with Crippen LogP contribution in [0.1, 0.15) is 59.8 Å². The summed E-state index contributed by atoms with van der Waals surface area (Å²) in [7, 11) is 0. The van der Waals surface area contributed by atoms with Crippen LogP contribution in [0, 0.1) is 11.8 Å². The van der Waals surface area contributed by atoms with Crippen molar-refractivity contribution in [2.24, 2.45) is 11.8 Å². The van der Waals surface area contributed by atoms with E-state index in [1.165, 1.54) is 4.90 Å². The second kappa shape index (κ2) is 8.22. The fraction of sp³-hybridized carbons (Fsp3) is 0.857. The second-order valence-electron chi connectivity index (χ2n) is 8.54. The van der Waals surface area contributed by atoms with Crippen LogP contribution in [-0.2, 0) is 23.9 Å². The van der Waals surface area contributed by atoms with Crippen LogP contribution in [0.5, 0.6) is 0 Å². The van der Waals surface area contributed by atoms with Crippen molar-refractivity contribution in [3.05, 3.63) is 0 Å². The third-order valence-corrected chi connectivity index (χ3v) is 6.92. The average Bonchev–Trinajstić information content (AvgIpc) is 3.27. The molecule has 3 rings (SSSR count). The van der Waals surface area contributed by atoms with Crippen LogP contribution < -0.4 is 5.32 Å². The number of carbonyl (C=O) groups is 3. The predicted octanol–water partition coefficient (Wildman–Crippen LogP) is 1.00. The fourth-order valence-corrected chi connectivity index (χ4v) is 5.78. The van der Waals surface area contributed by atoms with E-state index >= 15 is 0 Å². The van der Waals surface area contributed by atoms with Crippen molar-refractivity contribution >= 4 is 17.8 Å². The van der Waals surface area contributed by atoms with E-state index < -0.39 is 35.0 Å². The summed E-state index contributed by atoms with van der Waals surface area (Å²) >= 11 is 0. The molecule has 2 amide bonds. The SMILES string of the molecule is CCCC(C)NC(=O)C1N(CCO)C(=O)[C@@H]2[C@@H](C(=O)OCC)[C@@]3(CC)CCC12O3. The minimum Gasteiger partial charge on any atom is -0.466 e. The van der Waals surface area contributed by atoms with Crippen LogP contribution in [0.4, 0.5) is 0 Å². The van der Waals surface area contributed by atoms with Gasteiger partial charge in [-0.3, -0.25) is 14.4 Å². The second-order valence-corrected chi connectivity index (χ2v) is 8.54. The quantitative estimate of drug-likeness (QED) is 0.550. The molecule has 3 unspecified atom stereocenters. The molecule has 1 spiro atoms. The molecule has 3 heterocycles. The lowest BCUT2D eigenvalue weighted by Gasteiger charge is -2.34. The number of nitrogens with zero attached hydrogens (tertiary/aromatic N) is 1. The summed E-state index contributed by atoms with van der Waals surface area (Å²) in [5, 5.41) is 12.5. The molecule has 164 valence electrons. The Morgan fingerprint density at radius 3 is 2.66 bits per heavy atom. The maximum absolute atomic E-state index is 13.4. The molecule has 29 heavy (non-hydrogen) atoms. The van der Waals surface area contributed by atoms with Crippen LogP contribution in [-0.4, -0.2) is 70.8 Å². The maximum Gasteiger partial charge on any atom is 0.312 e. The summed E-state index contributed by atoms with van der Waals surface area (Å²) in [6, 6.07) is -0.882. The predicted molar refractivity (Wildman–Crippen MR) is 105 cm³/mol. The van der Waals surface area contributed by atoms with Gasteiger partial charge in [0.25, 0.3) is 0 Å². The molecule has 3 aliphatic heterocycles. The summed E-state index contributed by atoms with van der Waals surface area (Å²) in [6.07, 6.45) is 3.48. The number of likely N-dealkylation sites (tertiary alicyclic amines) is 1. The molecule has 8 nitrogen and oxygen atoms in total. The molecule has 3 fully saturated rings. The minimum atomic E-state index is -1.05.